The number of hydrogen-bond acceptors (Lipinski definition) is 7. The SMILES string of the molecule is COc1c(Cl)cccc1Nc1c(-c2ccncc2OCC2COCCO2)[nH]c2c1C(=O)N[C@@H]1CCC[C@H]21. The fourth-order valence-electron chi connectivity index (χ4n) is 5.55. The number of carbonyl (C=O) groups is 1. The van der Waals surface area contributed by atoms with Crippen LogP contribution in [-0.4, -0.2) is 61.6 Å². The third kappa shape index (κ3) is 4.52. The number of fused-ring (bicyclic) bond motifs is 3. The van der Waals surface area contributed by atoms with Gasteiger partial charge in [0.25, 0.3) is 5.91 Å². The van der Waals surface area contributed by atoms with Gasteiger partial charge in [-0.05, 0) is 31.0 Å². The average molecular weight is 525 g/mol. The van der Waals surface area contributed by atoms with Gasteiger partial charge in [-0.1, -0.05) is 24.1 Å². The van der Waals surface area contributed by atoms with E-state index in [1.165, 1.54) is 0 Å². The predicted octanol–water partition coefficient (Wildman–Crippen LogP) is 4.66. The average Bonchev–Trinajstić information content (AvgIpc) is 3.53. The lowest BCUT2D eigenvalue weighted by Gasteiger charge is -2.27. The number of halogens is 1. The molecule has 1 amide bonds. The molecule has 3 N–H and O–H groups in total. The molecule has 1 saturated heterocycles. The molecule has 37 heavy (non-hydrogen) atoms. The van der Waals surface area contributed by atoms with Crippen molar-refractivity contribution in [3.8, 4) is 22.8 Å². The van der Waals surface area contributed by atoms with Crippen molar-refractivity contribution in [1.82, 2.24) is 15.3 Å². The Bertz CT molecular complexity index is 1310. The van der Waals surface area contributed by atoms with Crippen molar-refractivity contribution in [3.63, 3.8) is 0 Å². The number of para-hydroxylation sites is 1. The van der Waals surface area contributed by atoms with Crippen molar-refractivity contribution in [2.75, 3.05) is 38.9 Å². The minimum Gasteiger partial charge on any atom is -0.493 e. The third-order valence-electron chi connectivity index (χ3n) is 7.25. The number of aromatic amines is 1. The zero-order valence-corrected chi connectivity index (χ0v) is 21.3. The van der Waals surface area contributed by atoms with Gasteiger partial charge in [0.05, 0.1) is 60.8 Å². The maximum absolute atomic E-state index is 13.4. The van der Waals surface area contributed by atoms with Gasteiger partial charge in [0, 0.05) is 29.4 Å². The molecule has 6 rings (SSSR count). The van der Waals surface area contributed by atoms with Crippen molar-refractivity contribution >= 4 is 28.9 Å². The van der Waals surface area contributed by atoms with Crippen molar-refractivity contribution < 1.29 is 23.7 Å². The molecule has 1 aliphatic carbocycles. The van der Waals surface area contributed by atoms with Crippen LogP contribution in [-0.2, 0) is 9.47 Å². The predicted molar refractivity (Wildman–Crippen MR) is 139 cm³/mol. The molecule has 10 heteroatoms. The second-order valence-corrected chi connectivity index (χ2v) is 9.88. The van der Waals surface area contributed by atoms with Gasteiger partial charge in [-0.3, -0.25) is 9.78 Å². The fraction of sp³-hybridized carbons (Fsp3) is 0.407. The highest BCUT2D eigenvalue weighted by atomic mass is 35.5. The van der Waals surface area contributed by atoms with E-state index in [2.05, 4.69) is 20.6 Å². The van der Waals surface area contributed by atoms with Crippen molar-refractivity contribution in [2.24, 2.45) is 0 Å². The smallest absolute Gasteiger partial charge is 0.255 e. The first-order valence-electron chi connectivity index (χ1n) is 12.6. The highest BCUT2D eigenvalue weighted by molar-refractivity contribution is 6.32. The summed E-state index contributed by atoms with van der Waals surface area (Å²) in [4.78, 5) is 21.3. The van der Waals surface area contributed by atoms with Crippen LogP contribution >= 0.6 is 11.6 Å². The molecule has 0 bridgehead atoms. The van der Waals surface area contributed by atoms with E-state index in [-0.39, 0.29) is 24.0 Å². The molecule has 0 spiro atoms. The summed E-state index contributed by atoms with van der Waals surface area (Å²) in [5.41, 5.74) is 4.37. The number of amides is 1. The number of benzene rings is 1. The Morgan fingerprint density at radius 2 is 2.16 bits per heavy atom. The van der Waals surface area contributed by atoms with E-state index in [9.17, 15) is 4.79 Å². The van der Waals surface area contributed by atoms with Crippen LogP contribution < -0.4 is 20.1 Å². The first-order chi connectivity index (χ1) is 18.1. The van der Waals surface area contributed by atoms with E-state index in [0.717, 1.165) is 36.2 Å². The Morgan fingerprint density at radius 3 is 3.00 bits per heavy atom. The zero-order chi connectivity index (χ0) is 25.4. The van der Waals surface area contributed by atoms with Crippen LogP contribution in [0.25, 0.3) is 11.3 Å². The summed E-state index contributed by atoms with van der Waals surface area (Å²) in [5.74, 6) is 1.20. The summed E-state index contributed by atoms with van der Waals surface area (Å²) in [6.07, 6.45) is 6.29. The number of rotatable bonds is 7. The molecule has 9 nitrogen and oxygen atoms in total. The standard InChI is InChI=1S/C27H29ClN4O5/c1-34-26-18(28)5-3-7-20(26)30-25-22-23(16-4-2-6-19(16)31-27(22)33)32-24(25)17-8-9-29-12-21(17)37-14-15-13-35-10-11-36-15/h3,5,7-9,12,15-16,19,30,32H,2,4,6,10-11,13-14H2,1H3,(H,31,33)/t15?,16-,19+/m0/s1. The Balaban J connectivity index is 1.44. The number of ether oxygens (including phenoxy) is 4. The van der Waals surface area contributed by atoms with Crippen LogP contribution in [0.2, 0.25) is 5.02 Å². The van der Waals surface area contributed by atoms with Crippen LogP contribution in [0.3, 0.4) is 0 Å². The highest BCUT2D eigenvalue weighted by Gasteiger charge is 2.41. The molecule has 2 aromatic heterocycles. The quantitative estimate of drug-likeness (QED) is 0.413. The molecule has 1 aromatic carbocycles. The molecular formula is C27H29ClN4O5. The minimum atomic E-state index is -0.156. The van der Waals surface area contributed by atoms with E-state index in [0.29, 0.717) is 59.9 Å². The fourth-order valence-corrected chi connectivity index (χ4v) is 5.80. The van der Waals surface area contributed by atoms with Gasteiger partial charge in [-0.25, -0.2) is 0 Å². The lowest BCUT2D eigenvalue weighted by molar-refractivity contribution is -0.101. The molecule has 194 valence electrons. The van der Waals surface area contributed by atoms with Gasteiger partial charge in [-0.2, -0.15) is 0 Å². The molecule has 3 atom stereocenters. The number of anilines is 2. The van der Waals surface area contributed by atoms with Crippen molar-refractivity contribution in [1.29, 1.82) is 0 Å². The van der Waals surface area contributed by atoms with E-state index < -0.39 is 0 Å². The molecule has 1 unspecified atom stereocenters. The summed E-state index contributed by atoms with van der Waals surface area (Å²) in [5, 5.41) is 7.15. The summed E-state index contributed by atoms with van der Waals surface area (Å²) in [6.45, 7) is 1.95. The minimum absolute atomic E-state index is 0.103. The van der Waals surface area contributed by atoms with Gasteiger partial charge < -0.3 is 34.6 Å². The van der Waals surface area contributed by atoms with Crippen LogP contribution in [0.15, 0.2) is 36.7 Å². The van der Waals surface area contributed by atoms with Crippen molar-refractivity contribution in [2.45, 2.75) is 37.3 Å². The Kier molecular flexibility index (Phi) is 6.67. The van der Waals surface area contributed by atoms with Crippen LogP contribution in [0.5, 0.6) is 11.5 Å². The molecule has 2 aliphatic heterocycles. The monoisotopic (exact) mass is 524 g/mol. The number of pyridine rings is 1. The first-order valence-corrected chi connectivity index (χ1v) is 12.9. The van der Waals surface area contributed by atoms with E-state index in [1.54, 1.807) is 25.6 Å². The second kappa shape index (κ2) is 10.2. The Hall–Kier alpha value is -3.27. The summed E-state index contributed by atoms with van der Waals surface area (Å²) >= 11 is 6.41. The zero-order valence-electron chi connectivity index (χ0n) is 20.5. The third-order valence-corrected chi connectivity index (χ3v) is 7.55. The maximum Gasteiger partial charge on any atom is 0.255 e. The van der Waals surface area contributed by atoms with E-state index >= 15 is 0 Å². The normalized spacial score (nSPS) is 22.6. The van der Waals surface area contributed by atoms with E-state index in [1.807, 2.05) is 18.2 Å². The molecule has 3 aliphatic rings. The summed E-state index contributed by atoms with van der Waals surface area (Å²) in [6, 6.07) is 7.50. The second-order valence-electron chi connectivity index (χ2n) is 9.48. The van der Waals surface area contributed by atoms with Crippen molar-refractivity contribution in [3.05, 3.63) is 52.9 Å². The molecule has 4 heterocycles. The summed E-state index contributed by atoms with van der Waals surface area (Å²) in [7, 11) is 1.57. The lowest BCUT2D eigenvalue weighted by Crippen LogP contribution is -2.41. The van der Waals surface area contributed by atoms with E-state index in [4.69, 9.17) is 30.5 Å². The Morgan fingerprint density at radius 1 is 1.24 bits per heavy atom. The molecule has 0 radical (unpaired) electrons. The highest BCUT2D eigenvalue weighted by Crippen LogP contribution is 2.48. The topological polar surface area (TPSA) is 107 Å². The maximum atomic E-state index is 13.4. The number of carbonyl (C=O) groups excluding carboxylic acids is 1. The first kappa shape index (κ1) is 24.1. The molecular weight excluding hydrogens is 496 g/mol. The lowest BCUT2D eigenvalue weighted by atomic mass is 9.91. The number of nitrogens with zero attached hydrogens (tertiary/aromatic N) is 1. The van der Waals surface area contributed by atoms with Crippen LogP contribution in [0.1, 0.15) is 41.2 Å². The number of nitrogens with one attached hydrogen (secondary N) is 3. The molecule has 2 fully saturated rings. The number of hydrogen-bond donors (Lipinski definition) is 3. The Labute approximate surface area is 219 Å². The molecule has 3 aromatic rings. The van der Waals surface area contributed by atoms with Crippen LogP contribution in [0, 0.1) is 0 Å². The number of aromatic nitrogens is 2. The largest absolute Gasteiger partial charge is 0.493 e. The van der Waals surface area contributed by atoms with Crippen LogP contribution in [0.4, 0.5) is 11.4 Å². The van der Waals surface area contributed by atoms with Gasteiger partial charge in [0.15, 0.2) is 5.75 Å². The summed E-state index contributed by atoms with van der Waals surface area (Å²) < 4.78 is 23.0. The molecule has 1 saturated carbocycles. The number of H-pyrrole nitrogens is 1. The van der Waals surface area contributed by atoms with Gasteiger partial charge in [0.1, 0.15) is 18.5 Å². The van der Waals surface area contributed by atoms with Gasteiger partial charge in [0.2, 0.25) is 0 Å². The van der Waals surface area contributed by atoms with Gasteiger partial charge >= 0.3 is 0 Å². The number of methoxy groups -OCH3 is 1. The van der Waals surface area contributed by atoms with Gasteiger partial charge in [-0.15, -0.1) is 0 Å².